The summed E-state index contributed by atoms with van der Waals surface area (Å²) in [4.78, 5) is 12.0. The van der Waals surface area contributed by atoms with Gasteiger partial charge in [-0.3, -0.25) is 0 Å². The zero-order chi connectivity index (χ0) is 21.9. The van der Waals surface area contributed by atoms with Crippen LogP contribution < -0.4 is 5.32 Å². The van der Waals surface area contributed by atoms with Crippen LogP contribution in [0.5, 0.6) is 0 Å². The summed E-state index contributed by atoms with van der Waals surface area (Å²) in [6, 6.07) is 33.8. The molecule has 0 spiro atoms. The standard InChI is InChI=1S/C28H22N2O2/c31-28(32)24-18-22(21-10-5-2-6-11-21)14-15-26(24)29-25-12-7-13-27-23(25)16-17-30(27)19-20-8-3-1-4-9-20/h1-18,29H,19H2,(H,31,32). The van der Waals surface area contributed by atoms with Crippen LogP contribution in [0.15, 0.2) is 109 Å². The van der Waals surface area contributed by atoms with Crippen LogP contribution in [0.3, 0.4) is 0 Å². The molecule has 32 heavy (non-hydrogen) atoms. The molecule has 0 radical (unpaired) electrons. The number of rotatable bonds is 6. The molecule has 5 aromatic rings. The van der Waals surface area contributed by atoms with E-state index in [2.05, 4.69) is 40.3 Å². The van der Waals surface area contributed by atoms with Gasteiger partial charge in [0.25, 0.3) is 0 Å². The number of fused-ring (bicyclic) bond motifs is 1. The molecular formula is C28H22N2O2. The van der Waals surface area contributed by atoms with E-state index in [1.807, 2.05) is 72.8 Å². The van der Waals surface area contributed by atoms with Crippen molar-refractivity contribution in [1.29, 1.82) is 0 Å². The molecule has 0 saturated carbocycles. The van der Waals surface area contributed by atoms with E-state index >= 15 is 0 Å². The Morgan fingerprint density at radius 2 is 1.50 bits per heavy atom. The fourth-order valence-corrected chi connectivity index (χ4v) is 4.04. The SMILES string of the molecule is O=C(O)c1cc(-c2ccccc2)ccc1Nc1cccc2c1ccn2Cc1ccccc1. The van der Waals surface area contributed by atoms with Crippen LogP contribution in [0, 0.1) is 0 Å². The van der Waals surface area contributed by atoms with E-state index in [-0.39, 0.29) is 5.56 Å². The van der Waals surface area contributed by atoms with E-state index in [9.17, 15) is 9.90 Å². The lowest BCUT2D eigenvalue weighted by Gasteiger charge is -2.13. The van der Waals surface area contributed by atoms with Crippen molar-refractivity contribution in [2.24, 2.45) is 0 Å². The number of benzene rings is 4. The van der Waals surface area contributed by atoms with E-state index in [1.54, 1.807) is 6.07 Å². The smallest absolute Gasteiger partial charge is 0.337 e. The van der Waals surface area contributed by atoms with E-state index < -0.39 is 5.97 Å². The molecule has 0 saturated heterocycles. The first-order valence-corrected chi connectivity index (χ1v) is 10.5. The van der Waals surface area contributed by atoms with Crippen molar-refractivity contribution in [1.82, 2.24) is 4.57 Å². The Balaban J connectivity index is 1.50. The summed E-state index contributed by atoms with van der Waals surface area (Å²) in [6.07, 6.45) is 2.07. The number of nitrogens with one attached hydrogen (secondary N) is 1. The lowest BCUT2D eigenvalue weighted by molar-refractivity contribution is 0.0698. The molecule has 1 heterocycles. The average Bonchev–Trinajstić information content (AvgIpc) is 3.24. The summed E-state index contributed by atoms with van der Waals surface area (Å²) in [5, 5.41) is 14.3. The van der Waals surface area contributed by atoms with E-state index in [0.29, 0.717) is 5.69 Å². The minimum absolute atomic E-state index is 0.243. The van der Waals surface area contributed by atoms with Gasteiger partial charge in [-0.15, -0.1) is 0 Å². The number of carbonyl (C=O) groups is 1. The maximum Gasteiger partial charge on any atom is 0.337 e. The Morgan fingerprint density at radius 1 is 0.750 bits per heavy atom. The third kappa shape index (κ3) is 3.86. The highest BCUT2D eigenvalue weighted by Gasteiger charge is 2.14. The van der Waals surface area contributed by atoms with Crippen LogP contribution in [0.2, 0.25) is 0 Å². The summed E-state index contributed by atoms with van der Waals surface area (Å²) in [5.41, 5.74) is 5.88. The van der Waals surface area contributed by atoms with Crippen LogP contribution in [0.4, 0.5) is 11.4 Å². The van der Waals surface area contributed by atoms with Crippen molar-refractivity contribution in [2.75, 3.05) is 5.32 Å². The largest absolute Gasteiger partial charge is 0.478 e. The zero-order valence-electron chi connectivity index (χ0n) is 17.4. The lowest BCUT2D eigenvalue weighted by Crippen LogP contribution is -2.03. The lowest BCUT2D eigenvalue weighted by atomic mass is 10.0. The van der Waals surface area contributed by atoms with Gasteiger partial charge in [0.15, 0.2) is 0 Å². The molecule has 4 nitrogen and oxygen atoms in total. The van der Waals surface area contributed by atoms with Gasteiger partial charge in [0.2, 0.25) is 0 Å². The average molecular weight is 418 g/mol. The quantitative estimate of drug-likeness (QED) is 0.319. The first-order chi connectivity index (χ1) is 15.7. The molecule has 0 bridgehead atoms. The molecular weight excluding hydrogens is 396 g/mol. The number of anilines is 2. The fraction of sp³-hybridized carbons (Fsp3) is 0.0357. The first-order valence-electron chi connectivity index (χ1n) is 10.5. The van der Waals surface area contributed by atoms with Crippen molar-refractivity contribution in [3.8, 4) is 11.1 Å². The summed E-state index contributed by atoms with van der Waals surface area (Å²) >= 11 is 0. The number of carboxylic acid groups (broad SMARTS) is 1. The molecule has 0 fully saturated rings. The Labute approximate surface area is 186 Å². The van der Waals surface area contributed by atoms with Gasteiger partial charge in [-0.1, -0.05) is 72.8 Å². The summed E-state index contributed by atoms with van der Waals surface area (Å²) < 4.78 is 2.20. The van der Waals surface area contributed by atoms with E-state index in [0.717, 1.165) is 34.3 Å². The Morgan fingerprint density at radius 3 is 2.25 bits per heavy atom. The van der Waals surface area contributed by atoms with E-state index in [1.165, 1.54) is 5.56 Å². The number of hydrogen-bond acceptors (Lipinski definition) is 2. The summed E-state index contributed by atoms with van der Waals surface area (Å²) in [5.74, 6) is -0.959. The third-order valence-electron chi connectivity index (χ3n) is 5.64. The molecule has 4 aromatic carbocycles. The molecule has 5 rings (SSSR count). The van der Waals surface area contributed by atoms with Gasteiger partial charge in [0.1, 0.15) is 0 Å². The number of carboxylic acids is 1. The van der Waals surface area contributed by atoms with Crippen molar-refractivity contribution >= 4 is 28.2 Å². The minimum atomic E-state index is -0.959. The van der Waals surface area contributed by atoms with Gasteiger partial charge in [-0.25, -0.2) is 4.79 Å². The second-order valence-corrected chi connectivity index (χ2v) is 7.72. The highest BCUT2D eigenvalue weighted by Crippen LogP contribution is 2.31. The molecule has 0 aliphatic rings. The van der Waals surface area contributed by atoms with Crippen molar-refractivity contribution in [3.63, 3.8) is 0 Å². The van der Waals surface area contributed by atoms with Gasteiger partial charge < -0.3 is 15.0 Å². The molecule has 4 heteroatoms. The molecule has 1 aromatic heterocycles. The van der Waals surface area contributed by atoms with Crippen LogP contribution in [0.1, 0.15) is 15.9 Å². The Kier molecular flexibility index (Phi) is 5.18. The molecule has 0 aliphatic carbocycles. The van der Waals surface area contributed by atoms with Gasteiger partial charge in [-0.2, -0.15) is 0 Å². The maximum atomic E-state index is 12.0. The zero-order valence-corrected chi connectivity index (χ0v) is 17.4. The summed E-state index contributed by atoms with van der Waals surface area (Å²) in [7, 11) is 0. The van der Waals surface area contributed by atoms with Crippen LogP contribution in [0.25, 0.3) is 22.0 Å². The number of aromatic carboxylic acids is 1. The van der Waals surface area contributed by atoms with Gasteiger partial charge in [0, 0.05) is 23.8 Å². The normalized spacial score (nSPS) is 10.9. The van der Waals surface area contributed by atoms with Gasteiger partial charge in [0.05, 0.1) is 16.8 Å². The Bertz CT molecular complexity index is 1390. The van der Waals surface area contributed by atoms with Crippen LogP contribution >= 0.6 is 0 Å². The van der Waals surface area contributed by atoms with Crippen molar-refractivity contribution < 1.29 is 9.90 Å². The summed E-state index contributed by atoms with van der Waals surface area (Å²) in [6.45, 7) is 0.778. The monoisotopic (exact) mass is 418 g/mol. The van der Waals surface area contributed by atoms with Crippen LogP contribution in [-0.2, 0) is 6.54 Å². The van der Waals surface area contributed by atoms with Crippen molar-refractivity contribution in [3.05, 3.63) is 120 Å². The predicted octanol–water partition coefficient (Wildman–Crippen LogP) is 6.80. The third-order valence-corrected chi connectivity index (χ3v) is 5.64. The highest BCUT2D eigenvalue weighted by molar-refractivity contribution is 6.00. The molecule has 0 aliphatic heterocycles. The minimum Gasteiger partial charge on any atom is -0.478 e. The number of hydrogen-bond donors (Lipinski definition) is 2. The molecule has 0 atom stereocenters. The topological polar surface area (TPSA) is 54.3 Å². The maximum absolute atomic E-state index is 12.0. The van der Waals surface area contributed by atoms with Gasteiger partial charge in [-0.05, 0) is 47.0 Å². The van der Waals surface area contributed by atoms with E-state index in [4.69, 9.17) is 0 Å². The second kappa shape index (κ2) is 8.44. The molecule has 156 valence electrons. The first kappa shape index (κ1) is 19.6. The highest BCUT2D eigenvalue weighted by atomic mass is 16.4. The molecule has 2 N–H and O–H groups in total. The second-order valence-electron chi connectivity index (χ2n) is 7.72. The van der Waals surface area contributed by atoms with Crippen molar-refractivity contribution in [2.45, 2.75) is 6.54 Å². The van der Waals surface area contributed by atoms with Gasteiger partial charge >= 0.3 is 5.97 Å². The molecule has 0 unspecified atom stereocenters. The predicted molar refractivity (Wildman–Crippen MR) is 130 cm³/mol. The number of nitrogens with zero attached hydrogens (tertiary/aromatic N) is 1. The Hall–Kier alpha value is -4.31. The van der Waals surface area contributed by atoms with Crippen LogP contribution in [-0.4, -0.2) is 15.6 Å². The fourth-order valence-electron chi connectivity index (χ4n) is 4.04. The molecule has 0 amide bonds. The number of aromatic nitrogens is 1.